The van der Waals surface area contributed by atoms with E-state index in [-0.39, 0.29) is 18.2 Å². The Morgan fingerprint density at radius 1 is 1.43 bits per heavy atom. The van der Waals surface area contributed by atoms with Gasteiger partial charge in [0, 0.05) is 25.9 Å². The van der Waals surface area contributed by atoms with Gasteiger partial charge in [0.15, 0.2) is 0 Å². The summed E-state index contributed by atoms with van der Waals surface area (Å²) >= 11 is 1.41. The molecule has 0 saturated carbocycles. The first-order chi connectivity index (χ1) is 11.0. The van der Waals surface area contributed by atoms with Crippen LogP contribution in [0.25, 0.3) is 0 Å². The van der Waals surface area contributed by atoms with Gasteiger partial charge in [-0.15, -0.1) is 5.10 Å². The summed E-state index contributed by atoms with van der Waals surface area (Å²) in [7, 11) is 1.73. The third-order valence-corrected chi connectivity index (χ3v) is 4.19. The van der Waals surface area contributed by atoms with Crippen molar-refractivity contribution in [1.29, 1.82) is 0 Å². The van der Waals surface area contributed by atoms with Gasteiger partial charge in [-0.25, -0.2) is 9.48 Å². The van der Waals surface area contributed by atoms with Crippen molar-refractivity contribution in [3.05, 3.63) is 0 Å². The number of aromatic nitrogens is 4. The van der Waals surface area contributed by atoms with Crippen molar-refractivity contribution in [2.75, 3.05) is 18.8 Å². The molecule has 2 rings (SSSR count). The van der Waals surface area contributed by atoms with Gasteiger partial charge in [0.25, 0.3) is 5.91 Å². The monoisotopic (exact) mass is 341 g/mol. The van der Waals surface area contributed by atoms with Gasteiger partial charge in [0.2, 0.25) is 11.1 Å². The molecule has 1 aromatic rings. The number of urea groups is 1. The highest BCUT2D eigenvalue weighted by Gasteiger charge is 2.38. The van der Waals surface area contributed by atoms with E-state index < -0.39 is 12.1 Å². The van der Waals surface area contributed by atoms with Crippen molar-refractivity contribution in [1.82, 2.24) is 35.7 Å². The van der Waals surface area contributed by atoms with E-state index in [0.29, 0.717) is 30.4 Å². The summed E-state index contributed by atoms with van der Waals surface area (Å²) in [6.45, 7) is 2.67. The van der Waals surface area contributed by atoms with Crippen molar-refractivity contribution in [3.8, 4) is 0 Å². The predicted octanol–water partition coefficient (Wildman–Crippen LogP) is -0.861. The molecule has 0 aliphatic carbocycles. The molecule has 2 N–H and O–H groups in total. The van der Waals surface area contributed by atoms with Crippen molar-refractivity contribution in [2.45, 2.75) is 31.0 Å². The molecule has 0 spiro atoms. The molecule has 11 heteroatoms. The molecule has 0 bridgehead atoms. The van der Waals surface area contributed by atoms with Crippen LogP contribution >= 0.6 is 11.8 Å². The molecule has 0 aromatic carbocycles. The number of hydrogen-bond donors (Lipinski definition) is 2. The summed E-state index contributed by atoms with van der Waals surface area (Å²) in [5.41, 5.74) is 0. The second-order valence-electron chi connectivity index (χ2n) is 4.98. The number of amides is 4. The van der Waals surface area contributed by atoms with Crippen molar-refractivity contribution < 1.29 is 14.4 Å². The summed E-state index contributed by atoms with van der Waals surface area (Å²) in [4.78, 5) is 36.6. The fourth-order valence-corrected chi connectivity index (χ4v) is 2.79. The number of rotatable bonds is 8. The van der Waals surface area contributed by atoms with Gasteiger partial charge in [0.1, 0.15) is 6.04 Å². The average Bonchev–Trinajstić information content (AvgIpc) is 3.03. The highest BCUT2D eigenvalue weighted by atomic mass is 32.2. The van der Waals surface area contributed by atoms with Crippen molar-refractivity contribution in [2.24, 2.45) is 7.05 Å². The Kier molecular flexibility index (Phi) is 5.90. The zero-order chi connectivity index (χ0) is 16.8. The molecule has 1 fully saturated rings. The van der Waals surface area contributed by atoms with E-state index >= 15 is 0 Å². The number of hydrogen-bond acceptors (Lipinski definition) is 7. The quantitative estimate of drug-likeness (QED) is 0.358. The van der Waals surface area contributed by atoms with Crippen LogP contribution in [-0.4, -0.2) is 67.8 Å². The summed E-state index contributed by atoms with van der Waals surface area (Å²) in [5, 5.41) is 16.9. The molecule has 4 amide bonds. The number of nitrogens with one attached hydrogen (secondary N) is 2. The van der Waals surface area contributed by atoms with Gasteiger partial charge >= 0.3 is 6.03 Å². The summed E-state index contributed by atoms with van der Waals surface area (Å²) in [5.74, 6) is -0.0161. The van der Waals surface area contributed by atoms with Crippen LogP contribution in [0.15, 0.2) is 5.16 Å². The minimum absolute atomic E-state index is 0.0546. The smallest absolute Gasteiger partial charge is 0.324 e. The number of carbonyl (C=O) groups excluding carboxylic acids is 3. The maximum absolute atomic E-state index is 12.0. The first kappa shape index (κ1) is 17.2. The summed E-state index contributed by atoms with van der Waals surface area (Å²) in [6, 6.07) is -1.20. The van der Waals surface area contributed by atoms with Crippen LogP contribution in [0.4, 0.5) is 4.79 Å². The predicted molar refractivity (Wildman–Crippen MR) is 81.5 cm³/mol. The number of nitrogens with zero attached hydrogens (tertiary/aromatic N) is 5. The minimum Gasteiger partial charge on any atom is -0.355 e. The van der Waals surface area contributed by atoms with Gasteiger partial charge in [-0.1, -0.05) is 18.7 Å². The molecule has 1 saturated heterocycles. The Labute approximate surface area is 137 Å². The second kappa shape index (κ2) is 7.90. The average molecular weight is 341 g/mol. The van der Waals surface area contributed by atoms with Crippen LogP contribution in [0.3, 0.4) is 0 Å². The maximum Gasteiger partial charge on any atom is 0.324 e. The van der Waals surface area contributed by atoms with Crippen molar-refractivity contribution >= 4 is 29.6 Å². The lowest BCUT2D eigenvalue weighted by atomic mass is 10.2. The second-order valence-corrected chi connectivity index (χ2v) is 6.04. The lowest BCUT2D eigenvalue weighted by molar-refractivity contribution is -0.130. The fourth-order valence-electron chi connectivity index (χ4n) is 2.08. The van der Waals surface area contributed by atoms with Gasteiger partial charge in [-0.2, -0.15) is 0 Å². The fraction of sp³-hybridized carbons (Fsp3) is 0.667. The van der Waals surface area contributed by atoms with Crippen LogP contribution in [-0.2, 0) is 16.6 Å². The zero-order valence-corrected chi connectivity index (χ0v) is 13.8. The largest absolute Gasteiger partial charge is 0.355 e. The van der Waals surface area contributed by atoms with E-state index in [9.17, 15) is 14.4 Å². The summed E-state index contributed by atoms with van der Waals surface area (Å²) < 4.78 is 1.54. The van der Waals surface area contributed by atoms with Gasteiger partial charge in [-0.3, -0.25) is 14.5 Å². The topological polar surface area (TPSA) is 122 Å². The standard InChI is InChI=1S/C12H19N7O3S/c1-3-5-19-10(21)8(14-11(19)22)7-9(20)13-4-6-23-12-15-16-17-18(12)2/h8H,3-7H2,1-2H3,(H,13,20)(H,14,22)/t8-/m0/s1. The number of thioether (sulfide) groups is 1. The number of aryl methyl sites for hydroxylation is 1. The Bertz CT molecular complexity index is 591. The van der Waals surface area contributed by atoms with Crippen LogP contribution in [0.2, 0.25) is 0 Å². The van der Waals surface area contributed by atoms with E-state index in [0.717, 1.165) is 4.90 Å². The minimum atomic E-state index is -0.773. The first-order valence-electron chi connectivity index (χ1n) is 7.26. The molecule has 1 atom stereocenters. The molecule has 10 nitrogen and oxygen atoms in total. The highest BCUT2D eigenvalue weighted by molar-refractivity contribution is 7.99. The first-order valence-corrected chi connectivity index (χ1v) is 8.25. The van der Waals surface area contributed by atoms with Crippen LogP contribution in [0, 0.1) is 0 Å². The van der Waals surface area contributed by atoms with Crippen molar-refractivity contribution in [3.63, 3.8) is 0 Å². The number of tetrazole rings is 1. The Hall–Kier alpha value is -2.17. The number of imide groups is 1. The lowest BCUT2D eigenvalue weighted by Crippen LogP contribution is -2.37. The van der Waals surface area contributed by atoms with E-state index in [1.54, 1.807) is 11.7 Å². The molecule has 0 unspecified atom stereocenters. The van der Waals surface area contributed by atoms with Crippen LogP contribution in [0.1, 0.15) is 19.8 Å². The van der Waals surface area contributed by atoms with E-state index in [2.05, 4.69) is 26.2 Å². The van der Waals surface area contributed by atoms with E-state index in [4.69, 9.17) is 0 Å². The molecule has 0 radical (unpaired) electrons. The van der Waals surface area contributed by atoms with Crippen LogP contribution in [0.5, 0.6) is 0 Å². The molecule has 126 valence electrons. The Morgan fingerprint density at radius 2 is 2.22 bits per heavy atom. The molecular weight excluding hydrogens is 322 g/mol. The van der Waals surface area contributed by atoms with E-state index in [1.165, 1.54) is 11.8 Å². The Morgan fingerprint density at radius 3 is 2.87 bits per heavy atom. The molecular formula is C12H19N7O3S. The normalized spacial score (nSPS) is 17.5. The molecule has 1 aromatic heterocycles. The van der Waals surface area contributed by atoms with Crippen LogP contribution < -0.4 is 10.6 Å². The van der Waals surface area contributed by atoms with Gasteiger partial charge < -0.3 is 10.6 Å². The maximum atomic E-state index is 12.0. The van der Waals surface area contributed by atoms with Gasteiger partial charge in [-0.05, 0) is 16.8 Å². The summed E-state index contributed by atoms with van der Waals surface area (Å²) in [6.07, 6.45) is 0.632. The third-order valence-electron chi connectivity index (χ3n) is 3.18. The molecule has 23 heavy (non-hydrogen) atoms. The Balaban J connectivity index is 1.70. The van der Waals surface area contributed by atoms with E-state index in [1.807, 2.05) is 6.92 Å². The third kappa shape index (κ3) is 4.41. The lowest BCUT2D eigenvalue weighted by Gasteiger charge is -2.11. The molecule has 2 heterocycles. The number of carbonyl (C=O) groups is 3. The van der Waals surface area contributed by atoms with Gasteiger partial charge in [0.05, 0.1) is 6.42 Å². The molecule has 1 aliphatic heterocycles. The zero-order valence-electron chi connectivity index (χ0n) is 13.0. The highest BCUT2D eigenvalue weighted by Crippen LogP contribution is 2.12. The molecule has 1 aliphatic rings. The SMILES string of the molecule is CCCN1C(=O)N[C@@H](CC(=O)NCCSc2nnnn2C)C1=O.